The monoisotopic (exact) mass is 307 g/mol. The van der Waals surface area contributed by atoms with Crippen molar-refractivity contribution in [3.8, 4) is 5.75 Å². The number of nitrogens with two attached hydrogens (primary N) is 1. The first-order valence-electron chi connectivity index (χ1n) is 7.44. The van der Waals surface area contributed by atoms with Gasteiger partial charge in [0.1, 0.15) is 10.7 Å². The second-order valence-corrected chi connectivity index (χ2v) is 6.24. The smallest absolute Gasteiger partial charge is 0.129 e. The van der Waals surface area contributed by atoms with Crippen LogP contribution in [-0.4, -0.2) is 54.1 Å². The Kier molecular flexibility index (Phi) is 5.56. The molecule has 116 valence electrons. The first kappa shape index (κ1) is 16.2. The van der Waals surface area contributed by atoms with Crippen LogP contribution in [0.25, 0.3) is 0 Å². The minimum Gasteiger partial charge on any atom is -0.496 e. The van der Waals surface area contributed by atoms with Crippen LogP contribution in [0.5, 0.6) is 5.75 Å². The van der Waals surface area contributed by atoms with E-state index in [1.165, 1.54) is 5.56 Å². The van der Waals surface area contributed by atoms with Crippen LogP contribution in [-0.2, 0) is 6.54 Å². The summed E-state index contributed by atoms with van der Waals surface area (Å²) >= 11 is 5.04. The van der Waals surface area contributed by atoms with E-state index >= 15 is 0 Å². The van der Waals surface area contributed by atoms with Crippen molar-refractivity contribution in [2.24, 2.45) is 5.73 Å². The van der Waals surface area contributed by atoms with E-state index < -0.39 is 0 Å². The highest BCUT2D eigenvalue weighted by Gasteiger charge is 2.19. The van der Waals surface area contributed by atoms with Crippen LogP contribution in [0.4, 0.5) is 0 Å². The molecule has 1 aromatic rings. The second-order valence-electron chi connectivity index (χ2n) is 5.80. The molecule has 0 saturated carbocycles. The first-order chi connectivity index (χ1) is 10.0. The molecular weight excluding hydrogens is 282 g/mol. The van der Waals surface area contributed by atoms with Crippen LogP contribution in [0.1, 0.15) is 25.0 Å². The summed E-state index contributed by atoms with van der Waals surface area (Å²) in [4.78, 5) is 5.38. The summed E-state index contributed by atoms with van der Waals surface area (Å²) in [6.45, 7) is 9.96. The first-order valence-corrected chi connectivity index (χ1v) is 7.85. The van der Waals surface area contributed by atoms with Crippen LogP contribution in [0.15, 0.2) is 18.2 Å². The lowest BCUT2D eigenvalue weighted by molar-refractivity contribution is 0.104. The van der Waals surface area contributed by atoms with Gasteiger partial charge in [0.2, 0.25) is 0 Å². The summed E-state index contributed by atoms with van der Waals surface area (Å²) in [7, 11) is 1.66. The van der Waals surface area contributed by atoms with Crippen LogP contribution >= 0.6 is 12.2 Å². The van der Waals surface area contributed by atoms with E-state index in [4.69, 9.17) is 22.7 Å². The van der Waals surface area contributed by atoms with E-state index in [1.807, 2.05) is 12.1 Å². The molecule has 0 aromatic heterocycles. The van der Waals surface area contributed by atoms with Gasteiger partial charge in [0, 0.05) is 38.8 Å². The maximum absolute atomic E-state index is 5.70. The number of rotatable bonds is 5. The van der Waals surface area contributed by atoms with Crippen molar-refractivity contribution in [1.82, 2.24) is 9.80 Å². The largest absolute Gasteiger partial charge is 0.496 e. The van der Waals surface area contributed by atoms with Gasteiger partial charge >= 0.3 is 0 Å². The molecule has 1 saturated heterocycles. The third-order valence-electron chi connectivity index (χ3n) is 4.07. The van der Waals surface area contributed by atoms with Gasteiger partial charge in [-0.25, -0.2) is 0 Å². The number of methoxy groups -OCH3 is 1. The predicted octanol–water partition coefficient (Wildman–Crippen LogP) is 1.86. The van der Waals surface area contributed by atoms with E-state index in [0.29, 0.717) is 11.0 Å². The Morgan fingerprint density at radius 3 is 2.48 bits per heavy atom. The van der Waals surface area contributed by atoms with Crippen molar-refractivity contribution in [3.63, 3.8) is 0 Å². The Hall–Kier alpha value is -1.17. The molecule has 5 heteroatoms. The summed E-state index contributed by atoms with van der Waals surface area (Å²) in [6.07, 6.45) is 0. The van der Waals surface area contributed by atoms with Crippen molar-refractivity contribution in [1.29, 1.82) is 0 Å². The Labute approximate surface area is 132 Å². The highest BCUT2D eigenvalue weighted by molar-refractivity contribution is 7.80. The zero-order chi connectivity index (χ0) is 15.4. The lowest BCUT2D eigenvalue weighted by Crippen LogP contribution is -2.48. The van der Waals surface area contributed by atoms with Crippen LogP contribution in [0.2, 0.25) is 0 Å². The molecule has 4 nitrogen and oxygen atoms in total. The number of hydrogen-bond donors (Lipinski definition) is 1. The van der Waals surface area contributed by atoms with Crippen molar-refractivity contribution in [2.45, 2.75) is 26.4 Å². The highest BCUT2D eigenvalue weighted by atomic mass is 32.1. The van der Waals surface area contributed by atoms with Crippen molar-refractivity contribution < 1.29 is 4.74 Å². The fourth-order valence-corrected chi connectivity index (χ4v) is 2.90. The number of benzene rings is 1. The number of hydrogen-bond acceptors (Lipinski definition) is 4. The lowest BCUT2D eigenvalue weighted by Gasteiger charge is -2.37. The Morgan fingerprint density at radius 1 is 1.29 bits per heavy atom. The predicted molar refractivity (Wildman–Crippen MR) is 90.9 cm³/mol. The minimum absolute atomic E-state index is 0.379. The van der Waals surface area contributed by atoms with Crippen LogP contribution in [0.3, 0.4) is 0 Å². The standard InChI is InChI=1S/C16H25N3OS/c1-12(2)19-8-6-18(7-9-19)11-13-4-5-14(16(17)21)15(10-13)20-3/h4-5,10,12H,6-9,11H2,1-3H3,(H2,17,21). The average molecular weight is 307 g/mol. The van der Waals surface area contributed by atoms with Gasteiger partial charge in [0.15, 0.2) is 0 Å². The second kappa shape index (κ2) is 7.20. The van der Waals surface area contributed by atoms with Crippen LogP contribution in [0, 0.1) is 0 Å². The van der Waals surface area contributed by atoms with E-state index in [1.54, 1.807) is 7.11 Å². The molecule has 0 amide bonds. The summed E-state index contributed by atoms with van der Waals surface area (Å²) in [5, 5.41) is 0. The lowest BCUT2D eigenvalue weighted by atomic mass is 10.1. The van der Waals surface area contributed by atoms with Gasteiger partial charge in [-0.2, -0.15) is 0 Å². The number of nitrogens with zero attached hydrogens (tertiary/aromatic N) is 2. The number of piperazine rings is 1. The molecular formula is C16H25N3OS. The van der Waals surface area contributed by atoms with Gasteiger partial charge in [0.25, 0.3) is 0 Å². The van der Waals surface area contributed by atoms with Gasteiger partial charge in [-0.15, -0.1) is 0 Å². The topological polar surface area (TPSA) is 41.7 Å². The Morgan fingerprint density at radius 2 is 1.95 bits per heavy atom. The van der Waals surface area contributed by atoms with Gasteiger partial charge in [-0.05, 0) is 31.5 Å². The molecule has 21 heavy (non-hydrogen) atoms. The summed E-state index contributed by atoms with van der Waals surface area (Å²) in [5.41, 5.74) is 7.75. The maximum atomic E-state index is 5.70. The highest BCUT2D eigenvalue weighted by Crippen LogP contribution is 2.21. The minimum atomic E-state index is 0.379. The molecule has 1 aromatic carbocycles. The van der Waals surface area contributed by atoms with Gasteiger partial charge < -0.3 is 10.5 Å². The third-order valence-corrected chi connectivity index (χ3v) is 4.29. The molecule has 1 fully saturated rings. The molecule has 2 N–H and O–H groups in total. The number of ether oxygens (including phenoxy) is 1. The molecule has 1 aliphatic heterocycles. The molecule has 0 bridgehead atoms. The van der Waals surface area contributed by atoms with Crippen molar-refractivity contribution in [3.05, 3.63) is 29.3 Å². The molecule has 2 rings (SSSR count). The maximum Gasteiger partial charge on any atom is 0.129 e. The zero-order valence-corrected chi connectivity index (χ0v) is 13.9. The van der Waals surface area contributed by atoms with Crippen molar-refractivity contribution in [2.75, 3.05) is 33.3 Å². The van der Waals surface area contributed by atoms with Crippen LogP contribution < -0.4 is 10.5 Å². The normalized spacial score (nSPS) is 17.1. The third kappa shape index (κ3) is 4.15. The van der Waals surface area contributed by atoms with Crippen molar-refractivity contribution >= 4 is 17.2 Å². The fourth-order valence-electron chi connectivity index (χ4n) is 2.73. The molecule has 0 radical (unpaired) electrons. The van der Waals surface area contributed by atoms with E-state index in [0.717, 1.165) is 44.0 Å². The van der Waals surface area contributed by atoms with Gasteiger partial charge in [-0.1, -0.05) is 18.3 Å². The van der Waals surface area contributed by atoms with Gasteiger partial charge in [0.05, 0.1) is 12.7 Å². The van der Waals surface area contributed by atoms with E-state index in [2.05, 4.69) is 29.7 Å². The number of thiocarbonyl (C=S) groups is 1. The van der Waals surface area contributed by atoms with E-state index in [9.17, 15) is 0 Å². The molecule has 0 unspecified atom stereocenters. The summed E-state index contributed by atoms with van der Waals surface area (Å²) in [5.74, 6) is 0.765. The van der Waals surface area contributed by atoms with E-state index in [-0.39, 0.29) is 0 Å². The zero-order valence-electron chi connectivity index (χ0n) is 13.1. The fraction of sp³-hybridized carbons (Fsp3) is 0.562. The average Bonchev–Trinajstić information content (AvgIpc) is 2.47. The molecule has 1 aliphatic rings. The Balaban J connectivity index is 1.99. The summed E-state index contributed by atoms with van der Waals surface area (Å²) < 4.78 is 5.39. The van der Waals surface area contributed by atoms with Gasteiger partial charge in [-0.3, -0.25) is 9.80 Å². The molecule has 0 spiro atoms. The quantitative estimate of drug-likeness (QED) is 0.841. The summed E-state index contributed by atoms with van der Waals surface area (Å²) in [6, 6.07) is 6.73. The molecule has 0 aliphatic carbocycles. The molecule has 0 atom stereocenters. The molecule has 1 heterocycles. The Bertz CT molecular complexity index is 496. The SMILES string of the molecule is COc1cc(CN2CCN(C(C)C)CC2)ccc1C(N)=S.